The topological polar surface area (TPSA) is 20.5 Å². The van der Waals surface area contributed by atoms with Gasteiger partial charge in [-0.2, -0.15) is 0 Å². The summed E-state index contributed by atoms with van der Waals surface area (Å²) in [6, 6.07) is 34.9. The molecule has 0 aliphatic heterocycles. The van der Waals surface area contributed by atoms with Crippen LogP contribution in [-0.2, 0) is 6.54 Å². The normalized spacial score (nSPS) is 12.1. The minimum Gasteiger partial charge on any atom is -0.378 e. The van der Waals surface area contributed by atoms with Crippen molar-refractivity contribution in [1.82, 2.24) is 0 Å². The van der Waals surface area contributed by atoms with Gasteiger partial charge in [0.25, 0.3) is 0 Å². The number of anilines is 2. The number of allylic oxidation sites excluding steroid dienone is 3. The standard InChI is InChI=1S/C36H35N3.C2H6.2CH4/c1-6-26-11-13-27(14-12-26)25-37-35-24-23-34(32-9-7-8-10-33(32)35)36(28-15-19-30(20-16-28)38(2)3)29-17-21-31(22-18-29)39(4)5;1-2;;/h6-24H,1,25H2,2-5H3;1-2H3;2*1H4/p+1. The van der Waals surface area contributed by atoms with Gasteiger partial charge in [0.2, 0.25) is 5.71 Å². The van der Waals surface area contributed by atoms with Crippen molar-refractivity contribution < 1.29 is 4.99 Å². The first kappa shape index (κ1) is 34.6. The lowest BCUT2D eigenvalue weighted by Crippen LogP contribution is -2.71. The summed E-state index contributed by atoms with van der Waals surface area (Å²) in [6.45, 7) is 8.62. The van der Waals surface area contributed by atoms with Crippen molar-refractivity contribution in [2.45, 2.75) is 35.2 Å². The zero-order chi connectivity index (χ0) is 29.4. The summed E-state index contributed by atoms with van der Waals surface area (Å²) < 4.78 is 0. The zero-order valence-corrected chi connectivity index (χ0v) is 25.3. The molecule has 0 amide bonds. The van der Waals surface area contributed by atoms with Crippen LogP contribution in [0.5, 0.6) is 0 Å². The number of nitrogens with zero attached hydrogens (tertiary/aromatic N) is 2. The number of nitrogens with one attached hydrogen (secondary N) is 1. The molecule has 0 saturated carbocycles. The molecule has 43 heavy (non-hydrogen) atoms. The number of fused-ring (bicyclic) bond motifs is 1. The summed E-state index contributed by atoms with van der Waals surface area (Å²) in [5, 5.41) is 0. The minimum absolute atomic E-state index is 0. The third-order valence-corrected chi connectivity index (χ3v) is 7.24. The van der Waals surface area contributed by atoms with Gasteiger partial charge in [-0.05, 0) is 69.8 Å². The van der Waals surface area contributed by atoms with E-state index < -0.39 is 0 Å². The SMILES string of the molecule is C.C.C=Cc1ccc(C[NH+]=C2C=CC(=C(c3ccc(N(C)C)cc3)c3ccc(N(C)C)cc3)c3ccccc32)cc1.CC. The van der Waals surface area contributed by atoms with E-state index in [1.54, 1.807) is 0 Å². The Labute approximate surface area is 261 Å². The first-order valence-electron chi connectivity index (χ1n) is 14.3. The summed E-state index contributed by atoms with van der Waals surface area (Å²) >= 11 is 0. The van der Waals surface area contributed by atoms with Gasteiger partial charge in [-0.3, -0.25) is 0 Å². The van der Waals surface area contributed by atoms with Gasteiger partial charge in [0, 0.05) is 51.2 Å². The van der Waals surface area contributed by atoms with Gasteiger partial charge in [-0.25, -0.2) is 4.99 Å². The highest BCUT2D eigenvalue weighted by Crippen LogP contribution is 2.37. The van der Waals surface area contributed by atoms with Crippen LogP contribution in [0.3, 0.4) is 0 Å². The van der Waals surface area contributed by atoms with E-state index in [4.69, 9.17) is 0 Å². The van der Waals surface area contributed by atoms with Crippen LogP contribution < -0.4 is 14.8 Å². The molecule has 0 atom stereocenters. The molecule has 0 saturated heterocycles. The Kier molecular flexibility index (Phi) is 13.0. The van der Waals surface area contributed by atoms with Gasteiger partial charge in [-0.15, -0.1) is 0 Å². The van der Waals surface area contributed by atoms with Crippen molar-refractivity contribution in [1.29, 1.82) is 0 Å². The third-order valence-electron chi connectivity index (χ3n) is 7.24. The molecule has 1 aliphatic carbocycles. The fourth-order valence-electron chi connectivity index (χ4n) is 4.97. The van der Waals surface area contributed by atoms with Crippen LogP contribution >= 0.6 is 0 Å². The maximum absolute atomic E-state index is 3.86. The van der Waals surface area contributed by atoms with E-state index in [0.717, 1.165) is 17.8 Å². The Balaban J connectivity index is 0.00000158. The van der Waals surface area contributed by atoms with Gasteiger partial charge in [0.15, 0.2) is 6.54 Å². The molecule has 4 aromatic carbocycles. The lowest BCUT2D eigenvalue weighted by molar-refractivity contribution is -0.473. The molecule has 4 aromatic rings. The van der Waals surface area contributed by atoms with Crippen molar-refractivity contribution in [3.05, 3.63) is 149 Å². The summed E-state index contributed by atoms with van der Waals surface area (Å²) in [7, 11) is 8.30. The minimum atomic E-state index is 0. The second kappa shape index (κ2) is 16.1. The quantitative estimate of drug-likeness (QED) is 0.240. The van der Waals surface area contributed by atoms with Gasteiger partial charge >= 0.3 is 0 Å². The van der Waals surface area contributed by atoms with Crippen molar-refractivity contribution in [3.8, 4) is 0 Å². The molecule has 224 valence electrons. The summed E-state index contributed by atoms with van der Waals surface area (Å²) in [4.78, 5) is 7.95. The molecule has 0 aromatic heterocycles. The van der Waals surface area contributed by atoms with Crippen LogP contribution in [0.25, 0.3) is 17.2 Å². The van der Waals surface area contributed by atoms with Crippen LogP contribution in [0.2, 0.25) is 0 Å². The molecule has 0 heterocycles. The predicted molar refractivity (Wildman–Crippen MR) is 193 cm³/mol. The Morgan fingerprint density at radius 3 is 1.60 bits per heavy atom. The Hall–Kier alpha value is -4.63. The molecule has 3 nitrogen and oxygen atoms in total. The Morgan fingerprint density at radius 1 is 0.651 bits per heavy atom. The van der Waals surface area contributed by atoms with E-state index in [0.29, 0.717) is 0 Å². The van der Waals surface area contributed by atoms with E-state index in [1.165, 1.54) is 50.3 Å². The summed E-state index contributed by atoms with van der Waals surface area (Å²) in [5.41, 5.74) is 13.2. The number of rotatable bonds is 7. The Morgan fingerprint density at radius 2 is 1.14 bits per heavy atom. The zero-order valence-electron chi connectivity index (χ0n) is 25.3. The van der Waals surface area contributed by atoms with Crippen LogP contribution in [0, 0.1) is 0 Å². The second-order valence-corrected chi connectivity index (χ2v) is 10.3. The molecule has 5 rings (SSSR count). The molecule has 3 heteroatoms. The first-order chi connectivity index (χ1) is 19.9. The van der Waals surface area contributed by atoms with Gasteiger partial charge < -0.3 is 9.80 Å². The number of hydrogen-bond donors (Lipinski definition) is 1. The fourth-order valence-corrected chi connectivity index (χ4v) is 4.97. The van der Waals surface area contributed by atoms with Crippen molar-refractivity contribution in [2.24, 2.45) is 0 Å². The maximum Gasteiger partial charge on any atom is 0.206 e. The molecule has 0 unspecified atom stereocenters. The second-order valence-electron chi connectivity index (χ2n) is 10.3. The molecular formula is C40H50N3+. The van der Waals surface area contributed by atoms with E-state index >= 15 is 0 Å². The van der Waals surface area contributed by atoms with Crippen molar-refractivity contribution in [3.63, 3.8) is 0 Å². The average molecular weight is 573 g/mol. The van der Waals surface area contributed by atoms with E-state index in [-0.39, 0.29) is 14.9 Å². The highest BCUT2D eigenvalue weighted by molar-refractivity contribution is 6.17. The third kappa shape index (κ3) is 8.02. The lowest BCUT2D eigenvalue weighted by atomic mass is 9.83. The van der Waals surface area contributed by atoms with E-state index in [2.05, 4.69) is 159 Å². The molecule has 0 radical (unpaired) electrons. The summed E-state index contributed by atoms with van der Waals surface area (Å²) in [5.74, 6) is 0. The number of hydrogen-bond acceptors (Lipinski definition) is 2. The van der Waals surface area contributed by atoms with Crippen LogP contribution in [0.15, 0.2) is 116 Å². The van der Waals surface area contributed by atoms with Crippen molar-refractivity contribution in [2.75, 3.05) is 38.0 Å². The fraction of sp³-hybridized carbons (Fsp3) is 0.225. The molecule has 1 aliphatic rings. The van der Waals surface area contributed by atoms with Crippen molar-refractivity contribution >= 4 is 34.3 Å². The lowest BCUT2D eigenvalue weighted by Gasteiger charge is -2.21. The molecule has 1 N–H and O–H groups in total. The van der Waals surface area contributed by atoms with Gasteiger partial charge in [0.1, 0.15) is 0 Å². The van der Waals surface area contributed by atoms with Crippen LogP contribution in [-0.4, -0.2) is 33.9 Å². The predicted octanol–water partition coefficient (Wildman–Crippen LogP) is 8.36. The summed E-state index contributed by atoms with van der Waals surface area (Å²) in [6.07, 6.45) is 6.36. The molecule has 0 spiro atoms. The largest absolute Gasteiger partial charge is 0.378 e. The molecule has 0 bridgehead atoms. The highest BCUT2D eigenvalue weighted by atomic mass is 15.1. The van der Waals surface area contributed by atoms with Crippen LogP contribution in [0.1, 0.15) is 62.1 Å². The molecule has 0 fully saturated rings. The average Bonchev–Trinajstić information content (AvgIpc) is 3.02. The maximum atomic E-state index is 3.86. The molecular weight excluding hydrogens is 522 g/mol. The number of benzene rings is 4. The Bertz CT molecular complexity index is 1500. The van der Waals surface area contributed by atoms with Crippen LogP contribution in [0.4, 0.5) is 11.4 Å². The first-order valence-corrected chi connectivity index (χ1v) is 14.3. The monoisotopic (exact) mass is 572 g/mol. The smallest absolute Gasteiger partial charge is 0.206 e. The van der Waals surface area contributed by atoms with Gasteiger partial charge in [-0.1, -0.05) is 108 Å². The van der Waals surface area contributed by atoms with E-state index in [1.807, 2.05) is 19.9 Å². The van der Waals surface area contributed by atoms with Gasteiger partial charge in [0.05, 0.1) is 5.56 Å². The van der Waals surface area contributed by atoms with E-state index in [9.17, 15) is 0 Å². The highest BCUT2D eigenvalue weighted by Gasteiger charge is 2.22.